The molecule has 0 aromatic heterocycles. The van der Waals surface area contributed by atoms with E-state index in [9.17, 15) is 4.79 Å². The van der Waals surface area contributed by atoms with Gasteiger partial charge >= 0.3 is 0 Å². The van der Waals surface area contributed by atoms with Gasteiger partial charge in [-0.2, -0.15) is 0 Å². The highest BCUT2D eigenvalue weighted by molar-refractivity contribution is 6.36. The molecule has 0 bridgehead atoms. The Morgan fingerprint density at radius 2 is 1.68 bits per heavy atom. The first-order valence-electron chi connectivity index (χ1n) is 7.60. The van der Waals surface area contributed by atoms with Crippen LogP contribution in [0.2, 0.25) is 10.0 Å². The number of carbonyl (C=O) groups excluding carboxylic acids is 1. The van der Waals surface area contributed by atoms with Gasteiger partial charge in [-0.05, 0) is 58.2 Å². The maximum absolute atomic E-state index is 12.4. The molecule has 1 heterocycles. The van der Waals surface area contributed by atoms with Crippen molar-refractivity contribution in [1.82, 2.24) is 10.6 Å². The molecule has 0 unspecified atom stereocenters. The molecule has 1 aromatic rings. The van der Waals surface area contributed by atoms with Crippen molar-refractivity contribution >= 4 is 29.1 Å². The molecule has 3 nitrogen and oxygen atoms in total. The molecular formula is C17H24Cl2N2O. The average molecular weight is 343 g/mol. The Morgan fingerprint density at radius 1 is 1.18 bits per heavy atom. The van der Waals surface area contributed by atoms with Gasteiger partial charge in [0.05, 0.1) is 6.42 Å². The lowest BCUT2D eigenvalue weighted by Gasteiger charge is -2.46. The fourth-order valence-electron chi connectivity index (χ4n) is 3.56. The first kappa shape index (κ1) is 17.6. The van der Waals surface area contributed by atoms with Crippen molar-refractivity contribution in [2.24, 2.45) is 0 Å². The standard InChI is InChI=1S/C17H24Cl2N2O/c1-16(2)9-11(10-17(3,4)21-16)20-15(22)8-12-13(18)6-5-7-14(12)19/h5-7,11,21H,8-10H2,1-4H3,(H,20,22). The number of carbonyl (C=O) groups is 1. The second kappa shape index (κ2) is 6.38. The molecule has 1 saturated heterocycles. The van der Waals surface area contributed by atoms with Crippen LogP contribution in [0.15, 0.2) is 18.2 Å². The van der Waals surface area contributed by atoms with Gasteiger partial charge in [0.25, 0.3) is 0 Å². The molecule has 1 aliphatic heterocycles. The number of hydrogen-bond donors (Lipinski definition) is 2. The Hall–Kier alpha value is -0.770. The Bertz CT molecular complexity index is 534. The van der Waals surface area contributed by atoms with E-state index in [2.05, 4.69) is 38.3 Å². The number of benzene rings is 1. The molecule has 0 radical (unpaired) electrons. The fourth-order valence-corrected chi connectivity index (χ4v) is 4.10. The summed E-state index contributed by atoms with van der Waals surface area (Å²) < 4.78 is 0. The highest BCUT2D eigenvalue weighted by Gasteiger charge is 2.38. The minimum Gasteiger partial charge on any atom is -0.353 e. The summed E-state index contributed by atoms with van der Waals surface area (Å²) in [5.41, 5.74) is 0.694. The van der Waals surface area contributed by atoms with E-state index in [1.54, 1.807) is 18.2 Å². The number of rotatable bonds is 3. The maximum atomic E-state index is 12.4. The number of amides is 1. The monoisotopic (exact) mass is 342 g/mol. The second-order valence-electron chi connectivity index (χ2n) is 7.44. The van der Waals surface area contributed by atoms with Gasteiger partial charge in [-0.15, -0.1) is 0 Å². The number of hydrogen-bond acceptors (Lipinski definition) is 2. The van der Waals surface area contributed by atoms with Crippen LogP contribution in [-0.2, 0) is 11.2 Å². The van der Waals surface area contributed by atoms with Crippen molar-refractivity contribution in [2.75, 3.05) is 0 Å². The Kier molecular flexibility index (Phi) is 5.10. The lowest BCUT2D eigenvalue weighted by molar-refractivity contribution is -0.121. The van der Waals surface area contributed by atoms with Gasteiger partial charge in [-0.25, -0.2) is 0 Å². The van der Waals surface area contributed by atoms with Crippen LogP contribution in [0.25, 0.3) is 0 Å². The summed E-state index contributed by atoms with van der Waals surface area (Å²) in [7, 11) is 0. The van der Waals surface area contributed by atoms with E-state index in [0.29, 0.717) is 15.6 Å². The first-order chi connectivity index (χ1) is 10.1. The van der Waals surface area contributed by atoms with Crippen molar-refractivity contribution in [3.8, 4) is 0 Å². The summed E-state index contributed by atoms with van der Waals surface area (Å²) in [4.78, 5) is 12.4. The molecule has 122 valence electrons. The Balaban J connectivity index is 2.03. The third-order valence-electron chi connectivity index (χ3n) is 3.95. The highest BCUT2D eigenvalue weighted by atomic mass is 35.5. The normalized spacial score (nSPS) is 20.6. The van der Waals surface area contributed by atoms with Crippen LogP contribution in [0.1, 0.15) is 46.1 Å². The predicted octanol–water partition coefficient (Wildman–Crippen LogP) is 3.96. The molecule has 0 atom stereocenters. The van der Waals surface area contributed by atoms with Crippen LogP contribution in [0.5, 0.6) is 0 Å². The van der Waals surface area contributed by atoms with Crippen molar-refractivity contribution in [1.29, 1.82) is 0 Å². The molecule has 5 heteroatoms. The van der Waals surface area contributed by atoms with Crippen LogP contribution >= 0.6 is 23.2 Å². The van der Waals surface area contributed by atoms with E-state index in [4.69, 9.17) is 23.2 Å². The molecule has 1 aromatic carbocycles. The summed E-state index contributed by atoms with van der Waals surface area (Å²) in [5, 5.41) is 7.82. The summed E-state index contributed by atoms with van der Waals surface area (Å²) in [6.07, 6.45) is 2.01. The first-order valence-corrected chi connectivity index (χ1v) is 8.35. The molecule has 1 aliphatic rings. The Morgan fingerprint density at radius 3 is 2.18 bits per heavy atom. The molecular weight excluding hydrogens is 319 g/mol. The lowest BCUT2D eigenvalue weighted by atomic mass is 9.79. The van der Waals surface area contributed by atoms with Crippen molar-refractivity contribution in [3.05, 3.63) is 33.8 Å². The largest absolute Gasteiger partial charge is 0.353 e. The molecule has 1 amide bonds. The molecule has 1 fully saturated rings. The highest BCUT2D eigenvalue weighted by Crippen LogP contribution is 2.29. The van der Waals surface area contributed by atoms with Crippen molar-refractivity contribution < 1.29 is 4.79 Å². The molecule has 0 saturated carbocycles. The van der Waals surface area contributed by atoms with Gasteiger partial charge in [-0.1, -0.05) is 29.3 Å². The average Bonchev–Trinajstić information content (AvgIpc) is 2.29. The zero-order valence-corrected chi connectivity index (χ0v) is 15.1. The number of nitrogens with one attached hydrogen (secondary N) is 2. The zero-order chi connectivity index (χ0) is 16.5. The van der Waals surface area contributed by atoms with E-state index in [-0.39, 0.29) is 29.4 Å². The topological polar surface area (TPSA) is 41.1 Å². The molecule has 0 spiro atoms. The van der Waals surface area contributed by atoms with Gasteiger partial charge in [0, 0.05) is 27.2 Å². The van der Waals surface area contributed by atoms with Crippen LogP contribution in [0.4, 0.5) is 0 Å². The van der Waals surface area contributed by atoms with E-state index in [0.717, 1.165) is 12.8 Å². The van der Waals surface area contributed by atoms with Crippen LogP contribution in [-0.4, -0.2) is 23.0 Å². The fraction of sp³-hybridized carbons (Fsp3) is 0.588. The van der Waals surface area contributed by atoms with Gasteiger partial charge in [0.2, 0.25) is 5.91 Å². The molecule has 2 N–H and O–H groups in total. The van der Waals surface area contributed by atoms with E-state index in [1.807, 2.05) is 0 Å². The summed E-state index contributed by atoms with van der Waals surface area (Å²) >= 11 is 12.3. The van der Waals surface area contributed by atoms with Gasteiger partial charge < -0.3 is 10.6 Å². The zero-order valence-electron chi connectivity index (χ0n) is 13.6. The summed E-state index contributed by atoms with van der Waals surface area (Å²) in [6.45, 7) is 8.66. The van der Waals surface area contributed by atoms with E-state index >= 15 is 0 Å². The van der Waals surface area contributed by atoms with Crippen molar-refractivity contribution in [2.45, 2.75) is 64.1 Å². The summed E-state index contributed by atoms with van der Waals surface area (Å²) in [6, 6.07) is 5.45. The minimum atomic E-state index is -0.0338. The SMILES string of the molecule is CC1(C)CC(NC(=O)Cc2c(Cl)cccc2Cl)CC(C)(C)N1. The third-order valence-corrected chi connectivity index (χ3v) is 4.66. The van der Waals surface area contributed by atoms with Crippen LogP contribution < -0.4 is 10.6 Å². The van der Waals surface area contributed by atoms with Gasteiger partial charge in [0.1, 0.15) is 0 Å². The number of piperidine rings is 1. The van der Waals surface area contributed by atoms with Gasteiger partial charge in [-0.3, -0.25) is 4.79 Å². The third kappa shape index (κ3) is 4.61. The van der Waals surface area contributed by atoms with E-state index in [1.165, 1.54) is 0 Å². The van der Waals surface area contributed by atoms with E-state index < -0.39 is 0 Å². The molecule has 22 heavy (non-hydrogen) atoms. The lowest BCUT2D eigenvalue weighted by Crippen LogP contribution is -2.62. The quantitative estimate of drug-likeness (QED) is 0.872. The van der Waals surface area contributed by atoms with Crippen LogP contribution in [0, 0.1) is 0 Å². The maximum Gasteiger partial charge on any atom is 0.224 e. The summed E-state index contributed by atoms with van der Waals surface area (Å²) in [5.74, 6) is -0.0338. The second-order valence-corrected chi connectivity index (χ2v) is 8.26. The van der Waals surface area contributed by atoms with Crippen LogP contribution in [0.3, 0.4) is 0 Å². The predicted molar refractivity (Wildman–Crippen MR) is 92.6 cm³/mol. The molecule has 2 rings (SSSR count). The Labute approximate surface area is 142 Å². The smallest absolute Gasteiger partial charge is 0.224 e. The van der Waals surface area contributed by atoms with Gasteiger partial charge in [0.15, 0.2) is 0 Å². The molecule has 0 aliphatic carbocycles. The number of halogens is 2. The van der Waals surface area contributed by atoms with Crippen molar-refractivity contribution in [3.63, 3.8) is 0 Å². The minimum absolute atomic E-state index is 0.00172.